The van der Waals surface area contributed by atoms with Crippen LogP contribution in [-0.4, -0.2) is 180 Å². The Kier molecular flexibility index (Phi) is 18.0. The first-order chi connectivity index (χ1) is 24.4. The molecule has 0 unspecified atom stereocenters. The van der Waals surface area contributed by atoms with E-state index in [4.69, 9.17) is 39.7 Å². The van der Waals surface area contributed by atoms with E-state index in [-0.39, 0.29) is 24.7 Å². The van der Waals surface area contributed by atoms with Gasteiger partial charge in [-0.05, 0) is 0 Å². The van der Waals surface area contributed by atoms with Crippen LogP contribution in [0.5, 0.6) is 0 Å². The van der Waals surface area contributed by atoms with Crippen LogP contribution in [0.2, 0.25) is 0 Å². The lowest BCUT2D eigenvalue weighted by Gasteiger charge is -2.18. The van der Waals surface area contributed by atoms with Crippen LogP contribution < -0.4 is 0 Å². The maximum Gasteiger partial charge on any atom is 0.383 e. The maximum atomic E-state index is 11.1. The number of allylic oxidation sites excluding steroid dienone is 1. The van der Waals surface area contributed by atoms with E-state index in [1.807, 2.05) is 0 Å². The van der Waals surface area contributed by atoms with Gasteiger partial charge in [0.25, 0.3) is 11.6 Å². The smallest absolute Gasteiger partial charge is 0.383 e. The summed E-state index contributed by atoms with van der Waals surface area (Å²) >= 11 is 0. The van der Waals surface area contributed by atoms with Crippen LogP contribution in [0, 0.1) is 0 Å². The van der Waals surface area contributed by atoms with Crippen molar-refractivity contribution in [2.75, 3.05) is 54.9 Å². The summed E-state index contributed by atoms with van der Waals surface area (Å²) in [5.74, 6) is -8.44. The number of aliphatic hydroxyl groups is 8. The Morgan fingerprint density at radius 3 is 1.33 bits per heavy atom. The average molecular weight is 753 g/mol. The number of hydrogen-bond donors (Lipinski definition) is 8. The van der Waals surface area contributed by atoms with Crippen molar-refractivity contribution in [1.82, 2.24) is 0 Å². The molecule has 0 aromatic heterocycles. The Morgan fingerprint density at radius 1 is 0.577 bits per heavy atom. The van der Waals surface area contributed by atoms with Gasteiger partial charge in [0.05, 0.1) is 26.4 Å². The minimum atomic E-state index is -1.30. The van der Waals surface area contributed by atoms with Crippen molar-refractivity contribution in [3.63, 3.8) is 0 Å². The van der Waals surface area contributed by atoms with Crippen LogP contribution in [0.4, 0.5) is 0 Å². The van der Waals surface area contributed by atoms with Gasteiger partial charge in [-0.2, -0.15) is 0 Å². The van der Waals surface area contributed by atoms with Gasteiger partial charge in [-0.25, -0.2) is 9.59 Å². The maximum absolute atomic E-state index is 11.1. The largest absolute Gasteiger partial charge is 0.505 e. The van der Waals surface area contributed by atoms with Gasteiger partial charge in [-0.15, -0.1) is 0 Å². The monoisotopic (exact) mass is 752 g/mol. The van der Waals surface area contributed by atoms with Crippen LogP contribution in [0.1, 0.15) is 0 Å². The van der Waals surface area contributed by atoms with Gasteiger partial charge in [-0.3, -0.25) is 19.2 Å². The first-order valence-electron chi connectivity index (χ1n) is 14.5. The Balaban J connectivity index is 0.000000347. The van der Waals surface area contributed by atoms with E-state index in [1.54, 1.807) is 0 Å². The summed E-state index contributed by atoms with van der Waals surface area (Å²) in [4.78, 5) is 65.0. The Bertz CT molecular complexity index is 1400. The fourth-order valence-electron chi connectivity index (χ4n) is 4.10. The molecule has 292 valence electrons. The molecule has 2 fully saturated rings. The molecule has 22 nitrogen and oxygen atoms in total. The third kappa shape index (κ3) is 11.0. The SMILES string of the molecule is C=C1O[C@H]([C@H](O)COC)C(=O)C1=O.C=C1O[C@H]([C@H](O)COC)C(O)=C1O.CO[C@H](CO)[C@H]1OC(=O)C(=O)C1=O.CO[C@H](CO)[C@H]1OC(=O)C(O)=C1O. The first-order valence-corrected chi connectivity index (χ1v) is 14.5. The fraction of sp³-hybridized carbons (Fsp3) is 0.533. The quantitative estimate of drug-likeness (QED) is 0.0546. The second kappa shape index (κ2) is 20.8. The van der Waals surface area contributed by atoms with Crippen LogP contribution in [0.15, 0.2) is 47.7 Å². The topological polar surface area (TPSA) is 338 Å². The third-order valence-corrected chi connectivity index (χ3v) is 6.91. The molecule has 4 aliphatic heterocycles. The molecule has 0 saturated carbocycles. The fourth-order valence-corrected chi connectivity index (χ4v) is 4.10. The van der Waals surface area contributed by atoms with Gasteiger partial charge >= 0.3 is 17.7 Å². The lowest BCUT2D eigenvalue weighted by atomic mass is 10.1. The summed E-state index contributed by atoms with van der Waals surface area (Å²) < 4.78 is 37.3. The van der Waals surface area contributed by atoms with Crippen molar-refractivity contribution in [3.8, 4) is 0 Å². The number of aliphatic hydroxyl groups excluding tert-OH is 8. The van der Waals surface area contributed by atoms with E-state index in [0.29, 0.717) is 0 Å². The molecule has 0 aromatic carbocycles. The van der Waals surface area contributed by atoms with Gasteiger partial charge in [-0.1, -0.05) is 13.2 Å². The molecule has 4 aliphatic rings. The second-order valence-corrected chi connectivity index (χ2v) is 10.4. The highest BCUT2D eigenvalue weighted by atomic mass is 16.6. The zero-order valence-electron chi connectivity index (χ0n) is 28.2. The van der Waals surface area contributed by atoms with Crippen molar-refractivity contribution < 1.29 is 108 Å². The summed E-state index contributed by atoms with van der Waals surface area (Å²) in [5.41, 5.74) is 0. The highest BCUT2D eigenvalue weighted by molar-refractivity contribution is 6.65. The van der Waals surface area contributed by atoms with E-state index in [0.717, 1.165) is 0 Å². The van der Waals surface area contributed by atoms with E-state index in [1.165, 1.54) is 28.4 Å². The molecule has 0 spiro atoms. The van der Waals surface area contributed by atoms with Gasteiger partial charge < -0.3 is 78.7 Å². The summed E-state index contributed by atoms with van der Waals surface area (Å²) in [7, 11) is 5.31. The highest BCUT2D eigenvalue weighted by Crippen LogP contribution is 2.27. The molecule has 52 heavy (non-hydrogen) atoms. The molecule has 0 amide bonds. The van der Waals surface area contributed by atoms with Crippen molar-refractivity contribution in [1.29, 1.82) is 0 Å². The molecule has 2 saturated heterocycles. The molecule has 0 aromatic rings. The Labute approximate surface area is 294 Å². The number of ketones is 4. The predicted molar refractivity (Wildman–Crippen MR) is 164 cm³/mol. The zero-order chi connectivity index (χ0) is 40.0. The van der Waals surface area contributed by atoms with Gasteiger partial charge in [0.15, 0.2) is 53.2 Å². The van der Waals surface area contributed by atoms with Crippen LogP contribution in [0.3, 0.4) is 0 Å². The normalized spacial score (nSPS) is 24.8. The molecule has 8 atom stereocenters. The molecule has 0 aliphatic carbocycles. The molecule has 0 bridgehead atoms. The van der Waals surface area contributed by atoms with Crippen LogP contribution >= 0.6 is 0 Å². The van der Waals surface area contributed by atoms with Crippen LogP contribution in [-0.2, 0) is 66.7 Å². The van der Waals surface area contributed by atoms with E-state index in [2.05, 4.69) is 36.8 Å². The number of methoxy groups -OCH3 is 4. The second-order valence-electron chi connectivity index (χ2n) is 10.4. The number of rotatable bonds is 12. The molecular formula is C30H40O22. The van der Waals surface area contributed by atoms with Crippen LogP contribution in [0.25, 0.3) is 0 Å². The molecule has 4 rings (SSSR count). The molecule has 8 N–H and O–H groups in total. The minimum Gasteiger partial charge on any atom is -0.505 e. The minimum absolute atomic E-state index is 0.00921. The van der Waals surface area contributed by atoms with Gasteiger partial charge in [0.1, 0.15) is 24.4 Å². The third-order valence-electron chi connectivity index (χ3n) is 6.91. The lowest BCUT2D eigenvalue weighted by molar-refractivity contribution is -0.153. The average Bonchev–Trinajstić information content (AvgIpc) is 3.73. The van der Waals surface area contributed by atoms with Crippen molar-refractivity contribution >= 4 is 35.1 Å². The molecular weight excluding hydrogens is 712 g/mol. The molecule has 0 radical (unpaired) electrons. The summed E-state index contributed by atoms with van der Waals surface area (Å²) in [6.07, 6.45) is -8.53. The standard InChI is InChI=1S/C8H12O5.C8H10O5.C7H10O6.C7H8O6/c2*1-4-6(10)7(11)8(13-4)5(9)3-12-2;2*1-12-3(2-8)6-4(9)5(10)7(11)13-6/h5,8-11H,1,3H2,2H3;5,8-9H,1,3H2,2H3;3,6,8-10H,2H2,1H3;3,6,8H,2H2,1H3/t2*5-,8-;2*3-,6-/m1111/s1. The summed E-state index contributed by atoms with van der Waals surface area (Å²) in [5, 5.41) is 72.5. The Hall–Kier alpha value is -4.94. The number of ether oxygens (including phenoxy) is 8. The summed E-state index contributed by atoms with van der Waals surface area (Å²) in [6, 6.07) is 0. The number of carbonyl (C=O) groups is 6. The Morgan fingerprint density at radius 2 is 1.00 bits per heavy atom. The van der Waals surface area contributed by atoms with Crippen molar-refractivity contribution in [3.05, 3.63) is 47.7 Å². The first kappa shape index (κ1) is 45.1. The van der Waals surface area contributed by atoms with E-state index < -0.39 is 120 Å². The summed E-state index contributed by atoms with van der Waals surface area (Å²) in [6.45, 7) is 5.60. The number of carbonyl (C=O) groups excluding carboxylic acids is 6. The number of esters is 2. The number of cyclic esters (lactones) is 2. The van der Waals surface area contributed by atoms with Gasteiger partial charge in [0, 0.05) is 28.4 Å². The highest BCUT2D eigenvalue weighted by Gasteiger charge is 2.46. The zero-order valence-corrected chi connectivity index (χ0v) is 28.2. The predicted octanol–water partition coefficient (Wildman–Crippen LogP) is -3.42. The van der Waals surface area contributed by atoms with Crippen molar-refractivity contribution in [2.45, 2.75) is 48.8 Å². The number of hydrogen-bond acceptors (Lipinski definition) is 22. The molecule has 22 heteroatoms. The van der Waals surface area contributed by atoms with Crippen molar-refractivity contribution in [2.24, 2.45) is 0 Å². The number of Topliss-reactive ketones (excluding diaryl/α,β-unsaturated/α-hetero) is 4. The molecule has 4 heterocycles. The van der Waals surface area contributed by atoms with E-state index in [9.17, 15) is 44.1 Å². The lowest BCUT2D eigenvalue weighted by Crippen LogP contribution is -2.37. The van der Waals surface area contributed by atoms with E-state index >= 15 is 0 Å². The van der Waals surface area contributed by atoms with Gasteiger partial charge in [0.2, 0.25) is 11.5 Å².